The molecule has 148 valence electrons. The Kier molecular flexibility index (Phi) is 20.8. The van der Waals surface area contributed by atoms with E-state index >= 15 is 0 Å². The van der Waals surface area contributed by atoms with Gasteiger partial charge in [0.1, 0.15) is 0 Å². The standard InChI is InChI=1S/2C10H23NO/c2*1-5-11(6-2)8-7-9-12-10(3)4/h2*10H,5-9H2,1-4H3. The fourth-order valence-electron chi connectivity index (χ4n) is 2.29. The molecule has 0 aliphatic rings. The predicted molar refractivity (Wildman–Crippen MR) is 107 cm³/mol. The third-order valence-corrected chi connectivity index (χ3v) is 3.93. The van der Waals surface area contributed by atoms with Crippen molar-refractivity contribution in [3.63, 3.8) is 0 Å². The molecule has 0 aliphatic carbocycles. The van der Waals surface area contributed by atoms with Crippen molar-refractivity contribution in [2.75, 3.05) is 52.5 Å². The number of hydrogen-bond donors (Lipinski definition) is 0. The van der Waals surface area contributed by atoms with E-state index in [1.165, 1.54) is 13.1 Å². The lowest BCUT2D eigenvalue weighted by molar-refractivity contribution is 0.0710. The van der Waals surface area contributed by atoms with Crippen LogP contribution in [0.4, 0.5) is 0 Å². The highest BCUT2D eigenvalue weighted by molar-refractivity contribution is 4.52. The summed E-state index contributed by atoms with van der Waals surface area (Å²) in [5.74, 6) is 0. The summed E-state index contributed by atoms with van der Waals surface area (Å²) < 4.78 is 10.9. The van der Waals surface area contributed by atoms with Crippen molar-refractivity contribution in [1.29, 1.82) is 0 Å². The van der Waals surface area contributed by atoms with Crippen molar-refractivity contribution < 1.29 is 9.47 Å². The molecule has 0 rings (SSSR count). The Hall–Kier alpha value is -0.160. The molecule has 0 aromatic rings. The van der Waals surface area contributed by atoms with Crippen molar-refractivity contribution in [3.8, 4) is 0 Å². The highest BCUT2D eigenvalue weighted by Crippen LogP contribution is 1.95. The van der Waals surface area contributed by atoms with Crippen LogP contribution in [0.15, 0.2) is 0 Å². The summed E-state index contributed by atoms with van der Waals surface area (Å²) in [5.41, 5.74) is 0. The van der Waals surface area contributed by atoms with Gasteiger partial charge in [-0.3, -0.25) is 0 Å². The van der Waals surface area contributed by atoms with E-state index in [0.29, 0.717) is 12.2 Å². The van der Waals surface area contributed by atoms with Crippen LogP contribution in [0.25, 0.3) is 0 Å². The first kappa shape index (κ1) is 26.1. The van der Waals surface area contributed by atoms with Crippen LogP contribution in [-0.2, 0) is 9.47 Å². The van der Waals surface area contributed by atoms with E-state index < -0.39 is 0 Å². The van der Waals surface area contributed by atoms with Gasteiger partial charge < -0.3 is 19.3 Å². The monoisotopic (exact) mass is 346 g/mol. The van der Waals surface area contributed by atoms with Gasteiger partial charge in [0, 0.05) is 26.3 Å². The highest BCUT2D eigenvalue weighted by atomic mass is 16.5. The van der Waals surface area contributed by atoms with Gasteiger partial charge in [0.2, 0.25) is 0 Å². The van der Waals surface area contributed by atoms with Crippen LogP contribution in [0.5, 0.6) is 0 Å². The normalized spacial score (nSPS) is 11.5. The number of nitrogens with zero attached hydrogens (tertiary/aromatic N) is 2. The van der Waals surface area contributed by atoms with E-state index in [-0.39, 0.29) is 0 Å². The van der Waals surface area contributed by atoms with Crippen molar-refractivity contribution in [1.82, 2.24) is 9.80 Å². The van der Waals surface area contributed by atoms with E-state index in [9.17, 15) is 0 Å². The summed E-state index contributed by atoms with van der Waals surface area (Å²) in [7, 11) is 0. The Labute approximate surface area is 152 Å². The fourth-order valence-corrected chi connectivity index (χ4v) is 2.29. The zero-order valence-electron chi connectivity index (χ0n) is 17.9. The molecule has 0 saturated heterocycles. The third-order valence-electron chi connectivity index (χ3n) is 3.93. The van der Waals surface area contributed by atoms with Crippen molar-refractivity contribution in [2.24, 2.45) is 0 Å². The summed E-state index contributed by atoms with van der Waals surface area (Å²) in [6.07, 6.45) is 3.06. The maximum atomic E-state index is 5.45. The van der Waals surface area contributed by atoms with Crippen LogP contribution in [0.2, 0.25) is 0 Å². The largest absolute Gasteiger partial charge is 0.379 e. The first-order valence-corrected chi connectivity index (χ1v) is 10.1. The molecule has 4 heteroatoms. The summed E-state index contributed by atoms with van der Waals surface area (Å²) in [4.78, 5) is 4.84. The molecule has 0 saturated carbocycles. The Bertz CT molecular complexity index is 204. The van der Waals surface area contributed by atoms with Gasteiger partial charge in [0.15, 0.2) is 0 Å². The van der Waals surface area contributed by atoms with Gasteiger partial charge in [0.05, 0.1) is 12.2 Å². The molecular formula is C20H46N2O2. The van der Waals surface area contributed by atoms with Gasteiger partial charge in [-0.25, -0.2) is 0 Å². The Morgan fingerprint density at radius 1 is 0.583 bits per heavy atom. The van der Waals surface area contributed by atoms with Crippen LogP contribution in [-0.4, -0.2) is 74.5 Å². The van der Waals surface area contributed by atoms with E-state index in [0.717, 1.165) is 52.2 Å². The smallest absolute Gasteiger partial charge is 0.0518 e. The highest BCUT2D eigenvalue weighted by Gasteiger charge is 1.99. The molecule has 0 unspecified atom stereocenters. The van der Waals surface area contributed by atoms with Crippen LogP contribution < -0.4 is 0 Å². The Morgan fingerprint density at radius 2 is 0.875 bits per heavy atom. The lowest BCUT2D eigenvalue weighted by Crippen LogP contribution is -2.25. The zero-order chi connectivity index (χ0) is 18.8. The Balaban J connectivity index is 0. The molecule has 24 heavy (non-hydrogen) atoms. The summed E-state index contributed by atoms with van der Waals surface area (Å²) in [6, 6.07) is 0. The van der Waals surface area contributed by atoms with Gasteiger partial charge in [-0.2, -0.15) is 0 Å². The average Bonchev–Trinajstić information content (AvgIpc) is 2.55. The van der Waals surface area contributed by atoms with Gasteiger partial charge in [0.25, 0.3) is 0 Å². The van der Waals surface area contributed by atoms with Crippen LogP contribution >= 0.6 is 0 Å². The molecule has 4 nitrogen and oxygen atoms in total. The minimum atomic E-state index is 0.377. The van der Waals surface area contributed by atoms with Gasteiger partial charge in [-0.15, -0.1) is 0 Å². The van der Waals surface area contributed by atoms with Gasteiger partial charge >= 0.3 is 0 Å². The molecular weight excluding hydrogens is 300 g/mol. The van der Waals surface area contributed by atoms with E-state index in [1.807, 2.05) is 0 Å². The molecule has 0 N–H and O–H groups in total. The maximum Gasteiger partial charge on any atom is 0.0518 e. The lowest BCUT2D eigenvalue weighted by atomic mass is 10.4. The molecule has 0 bridgehead atoms. The van der Waals surface area contributed by atoms with Crippen LogP contribution in [0, 0.1) is 0 Å². The summed E-state index contributed by atoms with van der Waals surface area (Å²) in [6.45, 7) is 25.9. The second kappa shape index (κ2) is 19.2. The summed E-state index contributed by atoms with van der Waals surface area (Å²) in [5, 5.41) is 0. The SMILES string of the molecule is CCN(CC)CCCOC(C)C.CCN(CC)CCCOC(C)C. The maximum absolute atomic E-state index is 5.45. The molecule has 0 heterocycles. The molecule has 0 amide bonds. The topological polar surface area (TPSA) is 24.9 Å². The Morgan fingerprint density at radius 3 is 1.08 bits per heavy atom. The number of hydrogen-bond acceptors (Lipinski definition) is 4. The van der Waals surface area contributed by atoms with Crippen molar-refractivity contribution in [3.05, 3.63) is 0 Å². The first-order valence-electron chi connectivity index (χ1n) is 10.1. The summed E-state index contributed by atoms with van der Waals surface area (Å²) >= 11 is 0. The van der Waals surface area contributed by atoms with E-state index in [4.69, 9.17) is 9.47 Å². The van der Waals surface area contributed by atoms with Gasteiger partial charge in [-0.1, -0.05) is 27.7 Å². The number of ether oxygens (including phenoxy) is 2. The molecule has 0 radical (unpaired) electrons. The quantitative estimate of drug-likeness (QED) is 0.438. The minimum absolute atomic E-state index is 0.377. The lowest BCUT2D eigenvalue weighted by Gasteiger charge is -2.17. The second-order valence-corrected chi connectivity index (χ2v) is 6.60. The molecule has 0 aromatic carbocycles. The van der Waals surface area contributed by atoms with Gasteiger partial charge in [-0.05, 0) is 66.7 Å². The van der Waals surface area contributed by atoms with E-state index in [2.05, 4.69) is 65.2 Å². The van der Waals surface area contributed by atoms with Crippen molar-refractivity contribution in [2.45, 2.75) is 80.4 Å². The predicted octanol–water partition coefficient (Wildman–Crippen LogP) is 4.29. The minimum Gasteiger partial charge on any atom is -0.379 e. The number of rotatable bonds is 14. The van der Waals surface area contributed by atoms with E-state index in [1.54, 1.807) is 0 Å². The second-order valence-electron chi connectivity index (χ2n) is 6.60. The fraction of sp³-hybridized carbons (Fsp3) is 1.00. The average molecular weight is 347 g/mol. The molecule has 0 fully saturated rings. The molecule has 0 aliphatic heterocycles. The zero-order valence-corrected chi connectivity index (χ0v) is 17.9. The van der Waals surface area contributed by atoms with Crippen molar-refractivity contribution >= 4 is 0 Å². The molecule has 0 spiro atoms. The third kappa shape index (κ3) is 19.9. The first-order chi connectivity index (χ1) is 11.4. The van der Waals surface area contributed by atoms with Crippen LogP contribution in [0.3, 0.4) is 0 Å². The molecule has 0 atom stereocenters. The van der Waals surface area contributed by atoms with Crippen LogP contribution in [0.1, 0.15) is 68.2 Å². The molecule has 0 aromatic heterocycles.